The van der Waals surface area contributed by atoms with Crippen molar-refractivity contribution < 1.29 is 9.18 Å². The quantitative estimate of drug-likeness (QED) is 0.903. The van der Waals surface area contributed by atoms with E-state index in [0.29, 0.717) is 34.7 Å². The van der Waals surface area contributed by atoms with Gasteiger partial charge in [-0.25, -0.2) is 4.39 Å². The van der Waals surface area contributed by atoms with Crippen molar-refractivity contribution in [1.82, 2.24) is 9.78 Å². The van der Waals surface area contributed by atoms with Crippen molar-refractivity contribution >= 4 is 17.3 Å². The number of amides is 1. The number of carbonyl (C=O) groups is 1. The Morgan fingerprint density at radius 2 is 2.20 bits per heavy atom. The second-order valence-electron chi connectivity index (χ2n) is 4.60. The summed E-state index contributed by atoms with van der Waals surface area (Å²) in [6.45, 7) is 3.65. The van der Waals surface area contributed by atoms with E-state index in [1.165, 1.54) is 22.9 Å². The summed E-state index contributed by atoms with van der Waals surface area (Å²) >= 11 is 0. The Labute approximate surface area is 116 Å². The fourth-order valence-corrected chi connectivity index (χ4v) is 2.08. The zero-order valence-corrected chi connectivity index (χ0v) is 11.7. The van der Waals surface area contributed by atoms with Crippen LogP contribution in [0.15, 0.2) is 18.2 Å². The van der Waals surface area contributed by atoms with Crippen LogP contribution in [0.5, 0.6) is 0 Å². The minimum Gasteiger partial charge on any atom is -0.395 e. The number of nitrogen functional groups attached to an aromatic ring is 1. The first-order chi connectivity index (χ1) is 9.43. The Bertz CT molecular complexity index is 663. The van der Waals surface area contributed by atoms with Gasteiger partial charge in [0.25, 0.3) is 5.91 Å². The molecule has 0 saturated heterocycles. The molecule has 2 aromatic rings. The number of aromatic nitrogens is 2. The molecule has 1 amide bonds. The zero-order chi connectivity index (χ0) is 14.9. The molecule has 1 aromatic heterocycles. The lowest BCUT2D eigenvalue weighted by Gasteiger charge is -2.09. The predicted octanol–water partition coefficient (Wildman–Crippen LogP) is 2.26. The second-order valence-corrected chi connectivity index (χ2v) is 4.60. The number of anilines is 2. The molecule has 0 saturated carbocycles. The maximum Gasteiger partial charge on any atom is 0.276 e. The molecule has 0 spiro atoms. The van der Waals surface area contributed by atoms with Gasteiger partial charge in [-0.05, 0) is 37.1 Å². The fraction of sp³-hybridized carbons (Fsp3) is 0.286. The van der Waals surface area contributed by atoms with Crippen LogP contribution < -0.4 is 11.1 Å². The van der Waals surface area contributed by atoms with Gasteiger partial charge in [0.2, 0.25) is 0 Å². The van der Waals surface area contributed by atoms with Gasteiger partial charge in [-0.3, -0.25) is 9.48 Å². The lowest BCUT2D eigenvalue weighted by molar-refractivity contribution is 0.101. The van der Waals surface area contributed by atoms with Gasteiger partial charge in [0, 0.05) is 12.7 Å². The molecule has 2 rings (SSSR count). The minimum absolute atomic E-state index is 0.311. The number of benzene rings is 1. The van der Waals surface area contributed by atoms with Crippen LogP contribution in [0.1, 0.15) is 28.7 Å². The van der Waals surface area contributed by atoms with Crippen molar-refractivity contribution in [3.05, 3.63) is 41.0 Å². The maximum absolute atomic E-state index is 13.0. The van der Waals surface area contributed by atoms with Gasteiger partial charge in [0.15, 0.2) is 0 Å². The number of rotatable bonds is 3. The van der Waals surface area contributed by atoms with E-state index in [9.17, 15) is 9.18 Å². The number of halogens is 1. The molecule has 0 radical (unpaired) electrons. The van der Waals surface area contributed by atoms with Crippen molar-refractivity contribution in [2.24, 2.45) is 7.05 Å². The van der Waals surface area contributed by atoms with Crippen LogP contribution in [0, 0.1) is 12.7 Å². The van der Waals surface area contributed by atoms with Crippen molar-refractivity contribution in [3.63, 3.8) is 0 Å². The summed E-state index contributed by atoms with van der Waals surface area (Å²) in [6.07, 6.45) is 0.655. The standard InChI is InChI=1S/C14H17FN4O/c1-4-10-12(16)13(19(3)18-10)14(20)17-11-6-5-9(15)7-8(11)2/h5-7H,4,16H2,1-3H3,(H,17,20). The van der Waals surface area contributed by atoms with E-state index < -0.39 is 0 Å². The van der Waals surface area contributed by atoms with E-state index >= 15 is 0 Å². The highest BCUT2D eigenvalue weighted by Crippen LogP contribution is 2.21. The highest BCUT2D eigenvalue weighted by molar-refractivity contribution is 6.07. The number of hydrogen-bond donors (Lipinski definition) is 2. The number of hydrogen-bond acceptors (Lipinski definition) is 3. The van der Waals surface area contributed by atoms with E-state index in [1.807, 2.05) is 6.92 Å². The van der Waals surface area contributed by atoms with E-state index in [4.69, 9.17) is 5.73 Å². The molecule has 0 aliphatic rings. The molecule has 106 valence electrons. The lowest BCUT2D eigenvalue weighted by atomic mass is 10.2. The van der Waals surface area contributed by atoms with Crippen molar-refractivity contribution in [1.29, 1.82) is 0 Å². The van der Waals surface area contributed by atoms with Crippen molar-refractivity contribution in [2.45, 2.75) is 20.3 Å². The molecular formula is C14H17FN4O. The summed E-state index contributed by atoms with van der Waals surface area (Å²) in [5, 5.41) is 6.93. The summed E-state index contributed by atoms with van der Waals surface area (Å²) in [5.41, 5.74) is 8.51. The van der Waals surface area contributed by atoms with Crippen molar-refractivity contribution in [2.75, 3.05) is 11.1 Å². The van der Waals surface area contributed by atoms with E-state index in [2.05, 4.69) is 10.4 Å². The first-order valence-corrected chi connectivity index (χ1v) is 6.32. The molecule has 5 nitrogen and oxygen atoms in total. The van der Waals surface area contributed by atoms with Gasteiger partial charge in [0.1, 0.15) is 11.5 Å². The lowest BCUT2D eigenvalue weighted by Crippen LogP contribution is -2.18. The topological polar surface area (TPSA) is 72.9 Å². The van der Waals surface area contributed by atoms with Crippen LogP contribution >= 0.6 is 0 Å². The summed E-state index contributed by atoms with van der Waals surface area (Å²) in [6, 6.07) is 4.18. The minimum atomic E-state index is -0.355. The first-order valence-electron chi connectivity index (χ1n) is 6.32. The van der Waals surface area contributed by atoms with Gasteiger partial charge in [0.05, 0.1) is 11.4 Å². The number of nitrogens with zero attached hydrogens (tertiary/aromatic N) is 2. The third kappa shape index (κ3) is 2.49. The van der Waals surface area contributed by atoms with Gasteiger partial charge in [-0.1, -0.05) is 6.92 Å². The maximum atomic E-state index is 13.0. The van der Waals surface area contributed by atoms with E-state index in [-0.39, 0.29) is 11.7 Å². The molecule has 0 aliphatic heterocycles. The van der Waals surface area contributed by atoms with E-state index in [0.717, 1.165) is 0 Å². The Morgan fingerprint density at radius 1 is 1.50 bits per heavy atom. The number of carbonyl (C=O) groups excluding carboxylic acids is 1. The third-order valence-corrected chi connectivity index (χ3v) is 3.15. The summed E-state index contributed by atoms with van der Waals surface area (Å²) in [7, 11) is 1.67. The Morgan fingerprint density at radius 3 is 2.75 bits per heavy atom. The molecule has 6 heteroatoms. The molecule has 0 bridgehead atoms. The number of nitrogens with one attached hydrogen (secondary N) is 1. The number of nitrogens with two attached hydrogens (primary N) is 1. The van der Waals surface area contributed by atoms with Crippen LogP contribution in [0.25, 0.3) is 0 Å². The van der Waals surface area contributed by atoms with Crippen LogP contribution in [0.2, 0.25) is 0 Å². The van der Waals surface area contributed by atoms with Crippen LogP contribution in [-0.4, -0.2) is 15.7 Å². The van der Waals surface area contributed by atoms with E-state index in [1.54, 1.807) is 14.0 Å². The third-order valence-electron chi connectivity index (χ3n) is 3.15. The average Bonchev–Trinajstić information content (AvgIpc) is 2.67. The van der Waals surface area contributed by atoms with Gasteiger partial charge in [-0.15, -0.1) is 0 Å². The zero-order valence-electron chi connectivity index (χ0n) is 11.7. The highest BCUT2D eigenvalue weighted by Gasteiger charge is 2.19. The highest BCUT2D eigenvalue weighted by atomic mass is 19.1. The monoisotopic (exact) mass is 276 g/mol. The molecule has 0 fully saturated rings. The van der Waals surface area contributed by atoms with Gasteiger partial charge >= 0.3 is 0 Å². The summed E-state index contributed by atoms with van der Waals surface area (Å²) in [4.78, 5) is 12.3. The van der Waals surface area contributed by atoms with Crippen LogP contribution in [0.4, 0.5) is 15.8 Å². The smallest absolute Gasteiger partial charge is 0.276 e. The Balaban J connectivity index is 2.31. The van der Waals surface area contributed by atoms with Gasteiger partial charge < -0.3 is 11.1 Å². The summed E-state index contributed by atoms with van der Waals surface area (Å²) < 4.78 is 14.5. The van der Waals surface area contributed by atoms with Crippen LogP contribution in [0.3, 0.4) is 0 Å². The molecule has 1 aromatic carbocycles. The molecule has 20 heavy (non-hydrogen) atoms. The second kappa shape index (κ2) is 5.32. The van der Waals surface area contributed by atoms with Crippen molar-refractivity contribution in [3.8, 4) is 0 Å². The average molecular weight is 276 g/mol. The normalized spacial score (nSPS) is 10.6. The molecule has 1 heterocycles. The predicted molar refractivity (Wildman–Crippen MR) is 76.1 cm³/mol. The number of aryl methyl sites for hydroxylation is 3. The molecular weight excluding hydrogens is 259 g/mol. The SMILES string of the molecule is CCc1nn(C)c(C(=O)Nc2ccc(F)cc2C)c1N. The molecule has 3 N–H and O–H groups in total. The molecule has 0 unspecified atom stereocenters. The van der Waals surface area contributed by atoms with Gasteiger partial charge in [-0.2, -0.15) is 5.10 Å². The molecule has 0 atom stereocenters. The Kier molecular flexibility index (Phi) is 3.74. The van der Waals surface area contributed by atoms with Crippen LogP contribution in [-0.2, 0) is 13.5 Å². The fourth-order valence-electron chi connectivity index (χ4n) is 2.08. The largest absolute Gasteiger partial charge is 0.395 e. The first kappa shape index (κ1) is 14.0. The summed E-state index contributed by atoms with van der Waals surface area (Å²) in [5.74, 6) is -0.694. The Hall–Kier alpha value is -2.37. The molecule has 0 aliphatic carbocycles.